The van der Waals surface area contributed by atoms with Crippen LogP contribution in [0.3, 0.4) is 0 Å². The van der Waals surface area contributed by atoms with Crippen molar-refractivity contribution in [3.05, 3.63) is 29.6 Å². The molecule has 6 heteroatoms. The molecule has 1 aliphatic carbocycles. The van der Waals surface area contributed by atoms with Crippen LogP contribution in [0.5, 0.6) is 0 Å². The first-order valence-corrected chi connectivity index (χ1v) is 7.32. The number of hydrogen-bond donors (Lipinski definition) is 2. The van der Waals surface area contributed by atoms with Gasteiger partial charge in [-0.15, -0.1) is 0 Å². The van der Waals surface area contributed by atoms with Crippen LogP contribution in [0.1, 0.15) is 18.4 Å². The lowest BCUT2D eigenvalue weighted by atomic mass is 10.2. The van der Waals surface area contributed by atoms with Gasteiger partial charge in [0.2, 0.25) is 10.0 Å². The normalized spacial score (nSPS) is 17.7. The highest BCUT2D eigenvalue weighted by Crippen LogP contribution is 2.32. The molecule has 0 saturated heterocycles. The van der Waals surface area contributed by atoms with Gasteiger partial charge in [0.05, 0.1) is 11.0 Å². The molecule has 0 bridgehead atoms. The molecule has 100 valence electrons. The number of aryl methyl sites for hydroxylation is 1. The molecular formula is C12H16FNO3S. The van der Waals surface area contributed by atoms with Gasteiger partial charge in [0.1, 0.15) is 5.82 Å². The summed E-state index contributed by atoms with van der Waals surface area (Å²) in [6.45, 7) is 1.54. The summed E-state index contributed by atoms with van der Waals surface area (Å²) in [4.78, 5) is 0.0481. The predicted molar refractivity (Wildman–Crippen MR) is 65.1 cm³/mol. The number of aliphatic hydroxyl groups is 1. The van der Waals surface area contributed by atoms with Crippen LogP contribution >= 0.6 is 0 Å². The quantitative estimate of drug-likeness (QED) is 0.846. The molecule has 0 amide bonds. The third kappa shape index (κ3) is 3.07. The highest BCUT2D eigenvalue weighted by atomic mass is 32.2. The second kappa shape index (κ2) is 4.95. The number of hydrogen-bond acceptors (Lipinski definition) is 3. The minimum Gasteiger partial charge on any atom is -0.391 e. The number of benzene rings is 1. The molecule has 0 heterocycles. The van der Waals surface area contributed by atoms with Crippen LogP contribution in [0.2, 0.25) is 0 Å². The van der Waals surface area contributed by atoms with Crippen LogP contribution in [-0.4, -0.2) is 26.2 Å². The van der Waals surface area contributed by atoms with Gasteiger partial charge >= 0.3 is 0 Å². The van der Waals surface area contributed by atoms with Gasteiger partial charge in [-0.2, -0.15) is 0 Å². The van der Waals surface area contributed by atoms with E-state index in [0.29, 0.717) is 5.56 Å². The molecule has 1 unspecified atom stereocenters. The standard InChI is InChI=1S/C12H16FNO3S/c1-8-6-10(13)4-5-12(8)18(16,17)14-7-11(15)9-2-3-9/h4-6,9,11,14-15H,2-3,7H2,1H3. The van der Waals surface area contributed by atoms with Gasteiger partial charge in [-0.05, 0) is 49.4 Å². The Labute approximate surface area is 106 Å². The Kier molecular flexibility index (Phi) is 3.70. The van der Waals surface area contributed by atoms with Crippen molar-refractivity contribution in [1.82, 2.24) is 4.72 Å². The van der Waals surface area contributed by atoms with E-state index in [0.717, 1.165) is 18.9 Å². The molecular weight excluding hydrogens is 257 g/mol. The number of aliphatic hydroxyl groups excluding tert-OH is 1. The predicted octanol–water partition coefficient (Wildman–Crippen LogP) is 1.18. The topological polar surface area (TPSA) is 66.4 Å². The summed E-state index contributed by atoms with van der Waals surface area (Å²) in [5.74, 6) is -0.258. The molecule has 2 N–H and O–H groups in total. The molecule has 4 nitrogen and oxygen atoms in total. The van der Waals surface area contributed by atoms with Crippen molar-refractivity contribution in [2.75, 3.05) is 6.54 Å². The van der Waals surface area contributed by atoms with Crippen molar-refractivity contribution in [3.63, 3.8) is 0 Å². The highest BCUT2D eigenvalue weighted by Gasteiger charge is 2.30. The first-order chi connectivity index (χ1) is 8.40. The van der Waals surface area contributed by atoms with E-state index >= 15 is 0 Å². The van der Waals surface area contributed by atoms with E-state index in [2.05, 4.69) is 4.72 Å². The molecule has 2 rings (SSSR count). The maximum absolute atomic E-state index is 12.9. The Morgan fingerprint density at radius 1 is 1.50 bits per heavy atom. The van der Waals surface area contributed by atoms with Crippen molar-refractivity contribution < 1.29 is 17.9 Å². The molecule has 1 aromatic rings. The van der Waals surface area contributed by atoms with Crippen LogP contribution < -0.4 is 4.72 Å². The zero-order valence-corrected chi connectivity index (χ0v) is 10.9. The summed E-state index contributed by atoms with van der Waals surface area (Å²) in [5, 5.41) is 9.63. The van der Waals surface area contributed by atoms with Crippen molar-refractivity contribution in [2.45, 2.75) is 30.8 Å². The van der Waals surface area contributed by atoms with Crippen LogP contribution in [0.4, 0.5) is 4.39 Å². The fourth-order valence-electron chi connectivity index (χ4n) is 1.83. The molecule has 1 saturated carbocycles. The number of sulfonamides is 1. The highest BCUT2D eigenvalue weighted by molar-refractivity contribution is 7.89. The monoisotopic (exact) mass is 273 g/mol. The summed E-state index contributed by atoms with van der Waals surface area (Å²) in [6, 6.07) is 3.52. The van der Waals surface area contributed by atoms with Crippen LogP contribution in [0, 0.1) is 18.7 Å². The van der Waals surface area contributed by atoms with Crippen molar-refractivity contribution in [1.29, 1.82) is 0 Å². The Hall–Kier alpha value is -0.980. The second-order valence-corrected chi connectivity index (χ2v) is 6.40. The van der Waals surface area contributed by atoms with Crippen LogP contribution in [-0.2, 0) is 10.0 Å². The first kappa shape index (κ1) is 13.5. The van der Waals surface area contributed by atoms with E-state index < -0.39 is 21.9 Å². The molecule has 18 heavy (non-hydrogen) atoms. The number of halogens is 1. The smallest absolute Gasteiger partial charge is 0.240 e. The molecule has 1 fully saturated rings. The van der Waals surface area contributed by atoms with E-state index in [-0.39, 0.29) is 17.4 Å². The Balaban J connectivity index is 2.09. The van der Waals surface area contributed by atoms with Gasteiger partial charge in [0.25, 0.3) is 0 Å². The van der Waals surface area contributed by atoms with Gasteiger partial charge in [-0.25, -0.2) is 17.5 Å². The number of rotatable bonds is 5. The lowest BCUT2D eigenvalue weighted by Gasteiger charge is -2.12. The molecule has 0 spiro atoms. The van der Waals surface area contributed by atoms with E-state index in [1.165, 1.54) is 19.1 Å². The third-order valence-corrected chi connectivity index (χ3v) is 4.66. The van der Waals surface area contributed by atoms with Gasteiger partial charge in [-0.1, -0.05) is 0 Å². The molecule has 0 radical (unpaired) electrons. The second-order valence-electron chi connectivity index (χ2n) is 4.67. The zero-order chi connectivity index (χ0) is 13.3. The lowest BCUT2D eigenvalue weighted by molar-refractivity contribution is 0.155. The fourth-order valence-corrected chi connectivity index (χ4v) is 3.11. The maximum atomic E-state index is 12.9. The Morgan fingerprint density at radius 3 is 2.72 bits per heavy atom. The summed E-state index contributed by atoms with van der Waals surface area (Å²) >= 11 is 0. The molecule has 0 aromatic heterocycles. The van der Waals surface area contributed by atoms with Crippen molar-refractivity contribution in [2.24, 2.45) is 5.92 Å². The largest absolute Gasteiger partial charge is 0.391 e. The minimum atomic E-state index is -3.69. The Morgan fingerprint density at radius 2 is 2.17 bits per heavy atom. The van der Waals surface area contributed by atoms with Gasteiger partial charge in [0.15, 0.2) is 0 Å². The molecule has 1 atom stereocenters. The average Bonchev–Trinajstić information content (AvgIpc) is 3.09. The van der Waals surface area contributed by atoms with Crippen molar-refractivity contribution in [3.8, 4) is 0 Å². The summed E-state index contributed by atoms with van der Waals surface area (Å²) in [5.41, 5.74) is 0.350. The Bertz CT molecular complexity index is 540. The molecule has 0 aliphatic heterocycles. The SMILES string of the molecule is Cc1cc(F)ccc1S(=O)(=O)NCC(O)C1CC1. The summed E-state index contributed by atoms with van der Waals surface area (Å²) in [7, 11) is -3.69. The average molecular weight is 273 g/mol. The van der Waals surface area contributed by atoms with E-state index in [4.69, 9.17) is 0 Å². The van der Waals surface area contributed by atoms with Crippen LogP contribution in [0.25, 0.3) is 0 Å². The number of nitrogens with one attached hydrogen (secondary N) is 1. The van der Waals surface area contributed by atoms with Gasteiger partial charge in [-0.3, -0.25) is 0 Å². The van der Waals surface area contributed by atoms with E-state index in [9.17, 15) is 17.9 Å². The van der Waals surface area contributed by atoms with Gasteiger partial charge in [0, 0.05) is 6.54 Å². The lowest BCUT2D eigenvalue weighted by Crippen LogP contribution is -2.33. The van der Waals surface area contributed by atoms with Gasteiger partial charge < -0.3 is 5.11 Å². The third-order valence-electron chi connectivity index (χ3n) is 3.08. The summed E-state index contributed by atoms with van der Waals surface area (Å²) in [6.07, 6.45) is 1.25. The van der Waals surface area contributed by atoms with E-state index in [1.54, 1.807) is 0 Å². The summed E-state index contributed by atoms with van der Waals surface area (Å²) < 4.78 is 39.2. The molecule has 1 aromatic carbocycles. The fraction of sp³-hybridized carbons (Fsp3) is 0.500. The zero-order valence-electron chi connectivity index (χ0n) is 10.1. The first-order valence-electron chi connectivity index (χ1n) is 5.84. The van der Waals surface area contributed by atoms with Crippen LogP contribution in [0.15, 0.2) is 23.1 Å². The van der Waals surface area contributed by atoms with Crippen molar-refractivity contribution >= 4 is 10.0 Å². The maximum Gasteiger partial charge on any atom is 0.240 e. The minimum absolute atomic E-state index is 0.00379. The van der Waals surface area contributed by atoms with E-state index in [1.807, 2.05) is 0 Å². The molecule has 1 aliphatic rings.